The lowest BCUT2D eigenvalue weighted by atomic mass is 9.86. The zero-order valence-electron chi connectivity index (χ0n) is 17.2. The van der Waals surface area contributed by atoms with E-state index in [0.717, 1.165) is 24.0 Å². The average molecular weight is 427 g/mol. The fourth-order valence-electron chi connectivity index (χ4n) is 4.22. The van der Waals surface area contributed by atoms with Gasteiger partial charge in [-0.05, 0) is 43.2 Å². The highest BCUT2D eigenvalue weighted by atomic mass is 32.2. The van der Waals surface area contributed by atoms with E-state index in [1.807, 2.05) is 37.3 Å². The summed E-state index contributed by atoms with van der Waals surface area (Å²) in [6, 6.07) is 16.3. The van der Waals surface area contributed by atoms with Crippen molar-refractivity contribution >= 4 is 15.8 Å². The number of benzene rings is 2. The van der Waals surface area contributed by atoms with Gasteiger partial charge in [0, 0.05) is 6.42 Å². The minimum Gasteiger partial charge on any atom is -0.457 e. The Balaban J connectivity index is 1.76. The van der Waals surface area contributed by atoms with Crippen LogP contribution in [-0.4, -0.2) is 31.3 Å². The van der Waals surface area contributed by atoms with Gasteiger partial charge >= 0.3 is 5.97 Å². The van der Waals surface area contributed by atoms with Gasteiger partial charge in [0.15, 0.2) is 0 Å². The zero-order chi connectivity index (χ0) is 21.4. The van der Waals surface area contributed by atoms with Gasteiger partial charge < -0.3 is 9.47 Å². The second-order valence-electron chi connectivity index (χ2n) is 7.96. The summed E-state index contributed by atoms with van der Waals surface area (Å²) in [4.78, 5) is 13.1. The van der Waals surface area contributed by atoms with Crippen molar-refractivity contribution in [3.8, 4) is 0 Å². The van der Waals surface area contributed by atoms with E-state index >= 15 is 0 Å². The first-order chi connectivity index (χ1) is 14.4. The molecule has 3 aliphatic rings. The molecule has 0 unspecified atom stereocenters. The maximum absolute atomic E-state index is 13.7. The van der Waals surface area contributed by atoms with Gasteiger partial charge in [-0.3, -0.25) is 0 Å². The van der Waals surface area contributed by atoms with Gasteiger partial charge in [-0.2, -0.15) is 0 Å². The molecule has 1 saturated heterocycles. The van der Waals surface area contributed by atoms with Gasteiger partial charge in [-0.25, -0.2) is 13.2 Å². The Hall–Kier alpha value is -2.44. The molecule has 0 amide bonds. The second kappa shape index (κ2) is 8.00. The highest BCUT2D eigenvalue weighted by molar-refractivity contribution is 7.94. The Morgan fingerprint density at radius 2 is 1.83 bits per heavy atom. The molecule has 2 aromatic carbocycles. The molecule has 2 heterocycles. The monoisotopic (exact) mass is 426 g/mol. The molecule has 0 radical (unpaired) electrons. The number of carbonyl (C=O) groups excluding carboxylic acids is 1. The molecule has 6 heteroatoms. The molecule has 0 N–H and O–H groups in total. The third kappa shape index (κ3) is 3.38. The van der Waals surface area contributed by atoms with Crippen LogP contribution in [0.4, 0.5) is 0 Å². The summed E-state index contributed by atoms with van der Waals surface area (Å²) in [6.45, 7) is 3.94. The van der Waals surface area contributed by atoms with Crippen LogP contribution in [0, 0.1) is 6.92 Å². The predicted molar refractivity (Wildman–Crippen MR) is 114 cm³/mol. The summed E-state index contributed by atoms with van der Waals surface area (Å²) in [7, 11) is -4.08. The number of hydrogen-bond acceptors (Lipinski definition) is 5. The maximum Gasteiger partial charge on any atom is 0.335 e. The van der Waals surface area contributed by atoms with Crippen molar-refractivity contribution in [2.24, 2.45) is 0 Å². The number of sulfone groups is 1. The summed E-state index contributed by atoms with van der Waals surface area (Å²) < 4.78 is 37.4. The Bertz CT molecular complexity index is 1040. The van der Waals surface area contributed by atoms with E-state index in [9.17, 15) is 13.2 Å². The molecule has 158 valence electrons. The Morgan fingerprint density at radius 3 is 2.47 bits per heavy atom. The Kier molecular flexibility index (Phi) is 5.55. The Labute approximate surface area is 177 Å². The molecule has 5 nitrogen and oxygen atoms in total. The highest BCUT2D eigenvalue weighted by Crippen LogP contribution is 2.45. The van der Waals surface area contributed by atoms with Gasteiger partial charge in [0.2, 0.25) is 14.6 Å². The average Bonchev–Trinajstić information content (AvgIpc) is 2.74. The number of hydrogen-bond donors (Lipinski definition) is 0. The van der Waals surface area contributed by atoms with Gasteiger partial charge in [-0.1, -0.05) is 61.4 Å². The van der Waals surface area contributed by atoms with E-state index in [0.29, 0.717) is 6.42 Å². The third-order valence-corrected chi connectivity index (χ3v) is 8.24. The van der Waals surface area contributed by atoms with Crippen molar-refractivity contribution in [2.45, 2.75) is 61.1 Å². The first kappa shape index (κ1) is 20.8. The molecule has 1 fully saturated rings. The summed E-state index contributed by atoms with van der Waals surface area (Å²) in [6.07, 6.45) is 3.49. The normalized spacial score (nSPS) is 26.4. The summed E-state index contributed by atoms with van der Waals surface area (Å²) in [5, 5.41) is 0. The SMILES string of the molecule is CCC[C@@H](O[C@@H]1C[C@@H]2C=C[C@@]1(S(=O)(=O)c1ccc(C)cc1)C(=O)O2)c1ccccc1. The number of ether oxygens (including phenoxy) is 2. The summed E-state index contributed by atoms with van der Waals surface area (Å²) >= 11 is 0. The Morgan fingerprint density at radius 1 is 1.13 bits per heavy atom. The molecule has 2 bridgehead atoms. The van der Waals surface area contributed by atoms with Crippen LogP contribution < -0.4 is 0 Å². The predicted octanol–water partition coefficient (Wildman–Crippen LogP) is 4.32. The lowest BCUT2D eigenvalue weighted by Gasteiger charge is -2.45. The molecule has 2 aromatic rings. The zero-order valence-corrected chi connectivity index (χ0v) is 18.0. The number of fused-ring (bicyclic) bond motifs is 2. The van der Waals surface area contributed by atoms with Gasteiger partial charge in [0.25, 0.3) is 0 Å². The van der Waals surface area contributed by atoms with Crippen molar-refractivity contribution in [1.82, 2.24) is 0 Å². The van der Waals surface area contributed by atoms with Crippen molar-refractivity contribution in [1.29, 1.82) is 0 Å². The van der Waals surface area contributed by atoms with Crippen molar-refractivity contribution < 1.29 is 22.7 Å². The second-order valence-corrected chi connectivity index (χ2v) is 10.1. The fourth-order valence-corrected chi connectivity index (χ4v) is 6.13. The largest absolute Gasteiger partial charge is 0.457 e. The van der Waals surface area contributed by atoms with E-state index in [1.54, 1.807) is 30.3 Å². The molecular weight excluding hydrogens is 400 g/mol. The number of aryl methyl sites for hydroxylation is 1. The topological polar surface area (TPSA) is 69.7 Å². The van der Waals surface area contributed by atoms with Crippen molar-refractivity contribution in [2.75, 3.05) is 0 Å². The molecule has 30 heavy (non-hydrogen) atoms. The van der Waals surface area contributed by atoms with Crippen molar-refractivity contribution in [3.05, 3.63) is 77.9 Å². The van der Waals surface area contributed by atoms with Crippen LogP contribution >= 0.6 is 0 Å². The third-order valence-electron chi connectivity index (χ3n) is 5.89. The first-order valence-corrected chi connectivity index (χ1v) is 11.8. The van der Waals surface area contributed by atoms with E-state index in [-0.39, 0.29) is 11.0 Å². The van der Waals surface area contributed by atoms with Gasteiger partial charge in [0.1, 0.15) is 6.10 Å². The smallest absolute Gasteiger partial charge is 0.335 e. The fraction of sp³-hybridized carbons (Fsp3) is 0.375. The van der Waals surface area contributed by atoms with Crippen LogP contribution in [0.25, 0.3) is 0 Å². The molecule has 5 rings (SSSR count). The van der Waals surface area contributed by atoms with Crippen LogP contribution in [0.2, 0.25) is 0 Å². The minimum absolute atomic E-state index is 0.0930. The molecule has 0 aromatic heterocycles. The molecule has 0 saturated carbocycles. The summed E-state index contributed by atoms with van der Waals surface area (Å²) in [5.74, 6) is -0.755. The first-order valence-electron chi connectivity index (χ1n) is 10.3. The molecule has 4 atom stereocenters. The molecule has 2 aliphatic heterocycles. The lowest BCUT2D eigenvalue weighted by molar-refractivity contribution is -0.169. The van der Waals surface area contributed by atoms with Crippen LogP contribution in [0.5, 0.6) is 0 Å². The van der Waals surface area contributed by atoms with Crippen LogP contribution in [0.1, 0.15) is 43.4 Å². The number of rotatable bonds is 7. The minimum atomic E-state index is -4.08. The quantitative estimate of drug-likeness (QED) is 0.487. The van der Waals surface area contributed by atoms with E-state index < -0.39 is 32.8 Å². The van der Waals surface area contributed by atoms with Crippen LogP contribution in [0.3, 0.4) is 0 Å². The van der Waals surface area contributed by atoms with Crippen molar-refractivity contribution in [3.63, 3.8) is 0 Å². The van der Waals surface area contributed by atoms with E-state index in [4.69, 9.17) is 9.47 Å². The molecule has 1 aliphatic carbocycles. The molecular formula is C24H26O5S. The van der Waals surface area contributed by atoms with Gasteiger partial charge in [-0.15, -0.1) is 0 Å². The number of esters is 1. The van der Waals surface area contributed by atoms with E-state index in [1.165, 1.54) is 6.08 Å². The van der Waals surface area contributed by atoms with Gasteiger partial charge in [0.05, 0.1) is 17.1 Å². The number of carbonyl (C=O) groups is 1. The molecule has 0 spiro atoms. The van der Waals surface area contributed by atoms with Crippen LogP contribution in [-0.2, 0) is 24.1 Å². The lowest BCUT2D eigenvalue weighted by Crippen LogP contribution is -2.63. The maximum atomic E-state index is 13.7. The standard InChI is InChI=1S/C24H26O5S/c1-3-7-21(18-8-5-4-6-9-18)29-22-16-19-14-15-24(22,23(25)28-19)30(26,27)20-12-10-17(2)11-13-20/h4-6,8-15,19,21-22H,3,7,16H2,1-2H3/t19-,21+,22+,24-/m0/s1. The van der Waals surface area contributed by atoms with E-state index in [2.05, 4.69) is 6.92 Å². The highest BCUT2D eigenvalue weighted by Gasteiger charge is 2.63. The summed E-state index contributed by atoms with van der Waals surface area (Å²) in [5.41, 5.74) is 1.91. The van der Waals surface area contributed by atoms with Crippen LogP contribution in [0.15, 0.2) is 71.6 Å².